The molecule has 1 aliphatic carbocycles. The van der Waals surface area contributed by atoms with Gasteiger partial charge in [-0.1, -0.05) is 30.3 Å². The third-order valence-corrected chi connectivity index (χ3v) is 5.61. The van der Waals surface area contributed by atoms with E-state index in [1.165, 1.54) is 23.1 Å². The third kappa shape index (κ3) is 3.86. The minimum absolute atomic E-state index is 0.171. The van der Waals surface area contributed by atoms with Gasteiger partial charge in [0.25, 0.3) is 5.91 Å². The summed E-state index contributed by atoms with van der Waals surface area (Å²) in [6.45, 7) is 0.414. The SMILES string of the molecule is O=C(NC1CC1)N1C(=O)C(=Cc2cncs2)SC1=NCc1ccccc1. The zero-order chi connectivity index (χ0) is 17.9. The molecule has 3 amide bonds. The number of nitrogens with zero attached hydrogens (tertiary/aromatic N) is 3. The van der Waals surface area contributed by atoms with Crippen molar-refractivity contribution < 1.29 is 9.59 Å². The maximum atomic E-state index is 12.8. The van der Waals surface area contributed by atoms with Crippen molar-refractivity contribution in [3.05, 3.63) is 57.4 Å². The Kier molecular flexibility index (Phi) is 4.85. The number of aromatic nitrogens is 1. The number of amidine groups is 1. The van der Waals surface area contributed by atoms with Gasteiger partial charge in [-0.2, -0.15) is 0 Å². The number of imide groups is 1. The lowest BCUT2D eigenvalue weighted by Gasteiger charge is -2.14. The fourth-order valence-corrected chi connectivity index (χ4v) is 3.97. The van der Waals surface area contributed by atoms with E-state index >= 15 is 0 Å². The average molecular weight is 384 g/mol. The maximum Gasteiger partial charge on any atom is 0.330 e. The highest BCUT2D eigenvalue weighted by Gasteiger charge is 2.39. The second-order valence-corrected chi connectivity index (χ2v) is 7.89. The predicted octanol–water partition coefficient (Wildman–Crippen LogP) is 3.49. The van der Waals surface area contributed by atoms with Gasteiger partial charge in [0.05, 0.1) is 17.0 Å². The summed E-state index contributed by atoms with van der Waals surface area (Å²) in [5.41, 5.74) is 2.73. The summed E-state index contributed by atoms with van der Waals surface area (Å²) < 4.78 is 0. The van der Waals surface area contributed by atoms with Crippen LogP contribution in [0.25, 0.3) is 6.08 Å². The molecule has 1 aliphatic heterocycles. The van der Waals surface area contributed by atoms with Gasteiger partial charge in [-0.25, -0.2) is 9.69 Å². The Morgan fingerprint density at radius 1 is 1.35 bits per heavy atom. The second-order valence-electron chi connectivity index (χ2n) is 5.96. The molecule has 0 spiro atoms. The lowest BCUT2D eigenvalue weighted by Crippen LogP contribution is -2.44. The monoisotopic (exact) mass is 384 g/mol. The van der Waals surface area contributed by atoms with Gasteiger partial charge >= 0.3 is 6.03 Å². The number of amides is 3. The van der Waals surface area contributed by atoms with E-state index in [-0.39, 0.29) is 11.9 Å². The highest BCUT2D eigenvalue weighted by Crippen LogP contribution is 2.34. The molecule has 2 fully saturated rings. The molecular formula is C18H16N4O2S2. The van der Waals surface area contributed by atoms with Crippen LogP contribution in [0.5, 0.6) is 0 Å². The molecule has 132 valence electrons. The maximum absolute atomic E-state index is 12.8. The van der Waals surface area contributed by atoms with E-state index in [0.717, 1.165) is 28.2 Å². The zero-order valence-electron chi connectivity index (χ0n) is 13.8. The van der Waals surface area contributed by atoms with Crippen molar-refractivity contribution in [3.8, 4) is 0 Å². The molecule has 0 unspecified atom stereocenters. The minimum Gasteiger partial charge on any atom is -0.335 e. The molecule has 1 saturated carbocycles. The number of benzene rings is 1. The molecule has 2 aliphatic rings. The van der Waals surface area contributed by atoms with Crippen LogP contribution >= 0.6 is 23.1 Å². The van der Waals surface area contributed by atoms with Crippen molar-refractivity contribution in [1.29, 1.82) is 0 Å². The molecule has 2 heterocycles. The third-order valence-electron chi connectivity index (χ3n) is 3.88. The molecule has 1 aromatic carbocycles. The van der Waals surface area contributed by atoms with Gasteiger partial charge in [-0.3, -0.25) is 14.8 Å². The number of hydrogen-bond donors (Lipinski definition) is 1. The quantitative estimate of drug-likeness (QED) is 0.819. The van der Waals surface area contributed by atoms with Crippen molar-refractivity contribution in [1.82, 2.24) is 15.2 Å². The van der Waals surface area contributed by atoms with Crippen molar-refractivity contribution >= 4 is 46.3 Å². The van der Waals surface area contributed by atoms with Crippen LogP contribution in [0.1, 0.15) is 23.3 Å². The Bertz CT molecular complexity index is 874. The number of nitrogens with one attached hydrogen (secondary N) is 1. The van der Waals surface area contributed by atoms with Crippen LogP contribution < -0.4 is 5.32 Å². The summed E-state index contributed by atoms with van der Waals surface area (Å²) in [6, 6.07) is 9.53. The van der Waals surface area contributed by atoms with Crippen LogP contribution in [0.4, 0.5) is 4.79 Å². The number of thiazole rings is 1. The number of carbonyl (C=O) groups excluding carboxylic acids is 2. The molecule has 2 aromatic rings. The van der Waals surface area contributed by atoms with Crippen LogP contribution in [0, 0.1) is 0 Å². The van der Waals surface area contributed by atoms with E-state index in [1.54, 1.807) is 17.8 Å². The largest absolute Gasteiger partial charge is 0.335 e. The van der Waals surface area contributed by atoms with E-state index in [4.69, 9.17) is 0 Å². The highest BCUT2D eigenvalue weighted by molar-refractivity contribution is 8.18. The van der Waals surface area contributed by atoms with E-state index in [0.29, 0.717) is 16.6 Å². The molecule has 1 N–H and O–H groups in total. The Balaban J connectivity index is 1.60. The molecule has 1 saturated heterocycles. The van der Waals surface area contributed by atoms with Crippen LogP contribution in [-0.2, 0) is 11.3 Å². The molecule has 6 nitrogen and oxygen atoms in total. The molecule has 0 atom stereocenters. The van der Waals surface area contributed by atoms with Crippen LogP contribution in [0.3, 0.4) is 0 Å². The minimum atomic E-state index is -0.399. The number of hydrogen-bond acceptors (Lipinski definition) is 6. The first-order valence-electron chi connectivity index (χ1n) is 8.22. The molecule has 0 bridgehead atoms. The van der Waals surface area contributed by atoms with Gasteiger partial charge in [-0.15, -0.1) is 11.3 Å². The fraction of sp³-hybridized carbons (Fsp3) is 0.222. The van der Waals surface area contributed by atoms with Gasteiger partial charge < -0.3 is 5.32 Å². The van der Waals surface area contributed by atoms with Gasteiger partial charge in [0.2, 0.25) is 0 Å². The van der Waals surface area contributed by atoms with Gasteiger partial charge in [0.15, 0.2) is 5.17 Å². The van der Waals surface area contributed by atoms with Gasteiger partial charge in [0.1, 0.15) is 0 Å². The van der Waals surface area contributed by atoms with Crippen LogP contribution in [0.2, 0.25) is 0 Å². The first-order chi connectivity index (χ1) is 12.7. The lowest BCUT2D eigenvalue weighted by molar-refractivity contribution is -0.120. The molecular weight excluding hydrogens is 368 g/mol. The second kappa shape index (κ2) is 7.43. The smallest absolute Gasteiger partial charge is 0.330 e. The summed E-state index contributed by atoms with van der Waals surface area (Å²) in [4.78, 5) is 36.4. The number of carbonyl (C=O) groups is 2. The van der Waals surface area contributed by atoms with Gasteiger partial charge in [0, 0.05) is 17.1 Å². The Hall–Kier alpha value is -2.45. The summed E-state index contributed by atoms with van der Waals surface area (Å²) in [6.07, 6.45) is 5.37. The molecule has 1 aromatic heterocycles. The van der Waals surface area contributed by atoms with Crippen molar-refractivity contribution in [2.24, 2.45) is 4.99 Å². The summed E-state index contributed by atoms with van der Waals surface area (Å²) in [7, 11) is 0. The van der Waals surface area contributed by atoms with E-state index in [9.17, 15) is 9.59 Å². The Morgan fingerprint density at radius 3 is 2.85 bits per heavy atom. The highest BCUT2D eigenvalue weighted by atomic mass is 32.2. The number of thioether (sulfide) groups is 1. The van der Waals surface area contributed by atoms with Crippen molar-refractivity contribution in [3.63, 3.8) is 0 Å². The Labute approximate surface area is 159 Å². The van der Waals surface area contributed by atoms with Crippen molar-refractivity contribution in [2.45, 2.75) is 25.4 Å². The molecule has 8 heteroatoms. The number of aliphatic imine (C=N–C) groups is 1. The van der Waals surface area contributed by atoms with Crippen LogP contribution in [-0.4, -0.2) is 33.0 Å². The number of urea groups is 1. The fourth-order valence-electron chi connectivity index (χ4n) is 2.39. The first-order valence-corrected chi connectivity index (χ1v) is 9.91. The summed E-state index contributed by atoms with van der Waals surface area (Å²) in [5, 5.41) is 3.28. The molecule has 4 rings (SSSR count). The average Bonchev–Trinajstić information content (AvgIpc) is 3.20. The first kappa shape index (κ1) is 17.0. The summed E-state index contributed by atoms with van der Waals surface area (Å²) >= 11 is 2.67. The Morgan fingerprint density at radius 2 is 2.15 bits per heavy atom. The summed E-state index contributed by atoms with van der Waals surface area (Å²) in [5.74, 6) is -0.339. The lowest BCUT2D eigenvalue weighted by atomic mass is 10.2. The van der Waals surface area contributed by atoms with Crippen molar-refractivity contribution in [2.75, 3.05) is 0 Å². The van der Waals surface area contributed by atoms with E-state index in [1.807, 2.05) is 30.3 Å². The van der Waals surface area contributed by atoms with E-state index < -0.39 is 6.03 Å². The van der Waals surface area contributed by atoms with Crippen LogP contribution in [0.15, 0.2) is 51.9 Å². The molecule has 0 radical (unpaired) electrons. The van der Waals surface area contributed by atoms with Gasteiger partial charge in [-0.05, 0) is 36.2 Å². The normalized spacial score (nSPS) is 20.2. The standard InChI is InChI=1S/C18H16N4O2S2/c23-16-15(8-14-10-19-11-25-14)26-18(20-9-12-4-2-1-3-5-12)22(16)17(24)21-13-6-7-13/h1-5,8,10-11,13H,6-7,9H2,(H,21,24). The molecule has 26 heavy (non-hydrogen) atoms. The number of rotatable bonds is 4. The van der Waals surface area contributed by atoms with E-state index in [2.05, 4.69) is 15.3 Å². The predicted molar refractivity (Wildman–Crippen MR) is 104 cm³/mol. The topological polar surface area (TPSA) is 74.7 Å². The zero-order valence-corrected chi connectivity index (χ0v) is 15.4.